The van der Waals surface area contributed by atoms with Gasteiger partial charge in [0, 0.05) is 23.6 Å². The van der Waals surface area contributed by atoms with E-state index in [-0.39, 0.29) is 0 Å². The van der Waals surface area contributed by atoms with Crippen molar-refractivity contribution in [2.45, 2.75) is 69.8 Å². The summed E-state index contributed by atoms with van der Waals surface area (Å²) in [6.07, 6.45) is 6.95. The highest BCUT2D eigenvalue weighted by atomic mass is 32.2. The molecule has 1 aliphatic rings. The molecule has 0 aromatic carbocycles. The summed E-state index contributed by atoms with van der Waals surface area (Å²) in [5, 5.41) is 4.14. The fourth-order valence-electron chi connectivity index (χ4n) is 2.57. The molecule has 1 N–H and O–H groups in total. The van der Waals surface area contributed by atoms with E-state index in [4.69, 9.17) is 4.98 Å². The lowest BCUT2D eigenvalue weighted by molar-refractivity contribution is 0.516. The molecule has 1 fully saturated rings. The molecule has 0 spiro atoms. The average Bonchev–Trinajstić information content (AvgIpc) is 2.46. The van der Waals surface area contributed by atoms with Crippen molar-refractivity contribution in [3.05, 3.63) is 17.6 Å². The molecule has 1 aromatic rings. The van der Waals surface area contributed by atoms with Gasteiger partial charge in [-0.2, -0.15) is 11.8 Å². The highest BCUT2D eigenvalue weighted by Gasteiger charge is 2.15. The summed E-state index contributed by atoms with van der Waals surface area (Å²) in [6.45, 7) is 7.39. The van der Waals surface area contributed by atoms with E-state index < -0.39 is 0 Å². The molecular formula is C16H27N3S. The lowest BCUT2D eigenvalue weighted by Gasteiger charge is -2.20. The minimum absolute atomic E-state index is 0.453. The number of thioether (sulfide) groups is 1. The highest BCUT2D eigenvalue weighted by molar-refractivity contribution is 7.99. The maximum Gasteiger partial charge on any atom is 0.140 e. The molecule has 1 aliphatic carbocycles. The Morgan fingerprint density at radius 1 is 1.25 bits per heavy atom. The van der Waals surface area contributed by atoms with Crippen molar-refractivity contribution in [2.75, 3.05) is 11.9 Å². The standard InChI is InChI=1S/C16H27N3S/c1-4-17-15-10-14(12(2)3)18-16(19-15)11-20-13-8-6-5-7-9-13/h10,12-13H,4-9,11H2,1-3H3,(H,17,18,19). The van der Waals surface area contributed by atoms with Crippen LogP contribution in [0.25, 0.3) is 0 Å². The molecule has 1 heterocycles. The molecule has 1 saturated carbocycles. The topological polar surface area (TPSA) is 37.8 Å². The van der Waals surface area contributed by atoms with E-state index >= 15 is 0 Å². The van der Waals surface area contributed by atoms with Crippen LogP contribution < -0.4 is 5.32 Å². The lowest BCUT2D eigenvalue weighted by atomic mass is 10.0. The molecule has 20 heavy (non-hydrogen) atoms. The van der Waals surface area contributed by atoms with E-state index in [9.17, 15) is 0 Å². The first-order valence-corrected chi connectivity index (χ1v) is 8.97. The van der Waals surface area contributed by atoms with Crippen LogP contribution in [0.3, 0.4) is 0 Å². The molecule has 0 aliphatic heterocycles. The molecule has 0 bridgehead atoms. The van der Waals surface area contributed by atoms with Gasteiger partial charge >= 0.3 is 0 Å². The minimum atomic E-state index is 0.453. The van der Waals surface area contributed by atoms with Crippen molar-refractivity contribution in [1.29, 1.82) is 0 Å². The Labute approximate surface area is 127 Å². The minimum Gasteiger partial charge on any atom is -0.370 e. The zero-order chi connectivity index (χ0) is 14.4. The molecule has 0 atom stereocenters. The van der Waals surface area contributed by atoms with E-state index in [1.54, 1.807) is 0 Å². The summed E-state index contributed by atoms with van der Waals surface area (Å²) in [6, 6.07) is 2.09. The Kier molecular flexibility index (Phi) is 6.14. The number of aromatic nitrogens is 2. The second-order valence-electron chi connectivity index (χ2n) is 5.85. The Hall–Kier alpha value is -0.770. The molecule has 0 unspecified atom stereocenters. The summed E-state index contributed by atoms with van der Waals surface area (Å²) >= 11 is 2.04. The van der Waals surface area contributed by atoms with E-state index in [0.29, 0.717) is 5.92 Å². The largest absolute Gasteiger partial charge is 0.370 e. The quantitative estimate of drug-likeness (QED) is 0.832. The summed E-state index contributed by atoms with van der Waals surface area (Å²) in [5.74, 6) is 3.37. The van der Waals surface area contributed by atoms with Gasteiger partial charge in [-0.15, -0.1) is 0 Å². The van der Waals surface area contributed by atoms with Gasteiger partial charge in [0.15, 0.2) is 0 Å². The number of anilines is 1. The van der Waals surface area contributed by atoms with Gasteiger partial charge in [-0.1, -0.05) is 33.1 Å². The number of rotatable bonds is 6. The van der Waals surface area contributed by atoms with Crippen molar-refractivity contribution in [1.82, 2.24) is 9.97 Å². The van der Waals surface area contributed by atoms with Crippen LogP contribution in [0.4, 0.5) is 5.82 Å². The molecule has 0 amide bonds. The van der Waals surface area contributed by atoms with Crippen LogP contribution in [0.5, 0.6) is 0 Å². The second-order valence-corrected chi connectivity index (χ2v) is 7.14. The van der Waals surface area contributed by atoms with Crippen molar-refractivity contribution in [3.63, 3.8) is 0 Å². The van der Waals surface area contributed by atoms with Crippen LogP contribution in [0.1, 0.15) is 70.3 Å². The highest BCUT2D eigenvalue weighted by Crippen LogP contribution is 2.30. The first-order chi connectivity index (χ1) is 9.69. The smallest absolute Gasteiger partial charge is 0.140 e. The van der Waals surface area contributed by atoms with Crippen molar-refractivity contribution < 1.29 is 0 Å². The summed E-state index contributed by atoms with van der Waals surface area (Å²) in [7, 11) is 0. The monoisotopic (exact) mass is 293 g/mol. The second kappa shape index (κ2) is 7.87. The van der Waals surface area contributed by atoms with Gasteiger partial charge in [0.1, 0.15) is 11.6 Å². The molecule has 3 nitrogen and oxygen atoms in total. The van der Waals surface area contributed by atoms with Gasteiger partial charge in [-0.05, 0) is 25.7 Å². The number of hydrogen-bond donors (Lipinski definition) is 1. The van der Waals surface area contributed by atoms with Crippen molar-refractivity contribution in [3.8, 4) is 0 Å². The lowest BCUT2D eigenvalue weighted by Crippen LogP contribution is -2.10. The zero-order valence-electron chi connectivity index (χ0n) is 13.0. The van der Waals surface area contributed by atoms with Crippen LogP contribution >= 0.6 is 11.8 Å². The van der Waals surface area contributed by atoms with Gasteiger partial charge in [-0.25, -0.2) is 9.97 Å². The third-order valence-corrected chi connectivity index (χ3v) is 5.11. The number of nitrogens with one attached hydrogen (secondary N) is 1. The van der Waals surface area contributed by atoms with Crippen LogP contribution in [-0.2, 0) is 5.75 Å². The van der Waals surface area contributed by atoms with Gasteiger partial charge in [0.2, 0.25) is 0 Å². The van der Waals surface area contributed by atoms with Crippen LogP contribution in [0.2, 0.25) is 0 Å². The van der Waals surface area contributed by atoms with E-state index in [0.717, 1.165) is 34.9 Å². The van der Waals surface area contributed by atoms with Gasteiger partial charge < -0.3 is 5.32 Å². The Bertz CT molecular complexity index is 414. The van der Waals surface area contributed by atoms with Gasteiger partial charge in [-0.3, -0.25) is 0 Å². The zero-order valence-corrected chi connectivity index (χ0v) is 13.8. The average molecular weight is 293 g/mol. The molecular weight excluding hydrogens is 266 g/mol. The van der Waals surface area contributed by atoms with E-state index in [1.807, 2.05) is 11.8 Å². The molecule has 112 valence electrons. The Morgan fingerprint density at radius 2 is 2.00 bits per heavy atom. The summed E-state index contributed by atoms with van der Waals surface area (Å²) in [5.41, 5.74) is 1.15. The SMILES string of the molecule is CCNc1cc(C(C)C)nc(CSC2CCCCC2)n1. The molecule has 0 radical (unpaired) electrons. The fraction of sp³-hybridized carbons (Fsp3) is 0.750. The number of nitrogens with zero attached hydrogens (tertiary/aromatic N) is 2. The fourth-order valence-corrected chi connectivity index (χ4v) is 3.75. The summed E-state index contributed by atoms with van der Waals surface area (Å²) < 4.78 is 0. The maximum absolute atomic E-state index is 4.73. The van der Waals surface area contributed by atoms with E-state index in [2.05, 4.69) is 37.1 Å². The Morgan fingerprint density at radius 3 is 2.65 bits per heavy atom. The normalized spacial score (nSPS) is 16.6. The first kappa shape index (κ1) is 15.6. The third-order valence-electron chi connectivity index (χ3n) is 3.74. The molecule has 4 heteroatoms. The third kappa shape index (κ3) is 4.65. The first-order valence-electron chi connectivity index (χ1n) is 7.92. The number of hydrogen-bond acceptors (Lipinski definition) is 4. The Balaban J connectivity index is 2.01. The molecule has 2 rings (SSSR count). The molecule has 0 saturated heterocycles. The van der Waals surface area contributed by atoms with Crippen LogP contribution in [0, 0.1) is 0 Å². The van der Waals surface area contributed by atoms with Crippen molar-refractivity contribution in [2.24, 2.45) is 0 Å². The predicted molar refractivity (Wildman–Crippen MR) is 88.5 cm³/mol. The molecule has 1 aromatic heterocycles. The van der Waals surface area contributed by atoms with Crippen molar-refractivity contribution >= 4 is 17.6 Å². The van der Waals surface area contributed by atoms with Gasteiger partial charge in [0.25, 0.3) is 0 Å². The van der Waals surface area contributed by atoms with Gasteiger partial charge in [0.05, 0.1) is 5.75 Å². The van der Waals surface area contributed by atoms with Crippen LogP contribution in [-0.4, -0.2) is 21.8 Å². The van der Waals surface area contributed by atoms with E-state index in [1.165, 1.54) is 32.1 Å². The predicted octanol–water partition coefficient (Wildman–Crippen LogP) is 4.60. The maximum atomic E-state index is 4.73. The summed E-state index contributed by atoms with van der Waals surface area (Å²) in [4.78, 5) is 9.37. The van der Waals surface area contributed by atoms with Crippen LogP contribution in [0.15, 0.2) is 6.07 Å².